The molecule has 2 aromatic heterocycles. The topological polar surface area (TPSA) is 54.2 Å². The van der Waals surface area contributed by atoms with Crippen LogP contribution in [-0.2, 0) is 13.1 Å². The molecule has 5 heteroatoms. The van der Waals surface area contributed by atoms with Crippen LogP contribution in [0.4, 0.5) is 5.82 Å². The van der Waals surface area contributed by atoms with E-state index in [0.29, 0.717) is 0 Å². The molecule has 2 heterocycles. The maximum atomic E-state index is 5.35. The molecule has 18 heavy (non-hydrogen) atoms. The number of aromatic nitrogens is 2. The zero-order valence-electron chi connectivity index (χ0n) is 10.8. The van der Waals surface area contributed by atoms with Gasteiger partial charge in [0.2, 0.25) is 0 Å². The van der Waals surface area contributed by atoms with Gasteiger partial charge in [0.05, 0.1) is 30.9 Å². The predicted octanol–water partition coefficient (Wildman–Crippen LogP) is 2.13. The highest BCUT2D eigenvalue weighted by atomic mass is 16.3. The SMILES string of the molecule is CCN(Cc1cnc(NC)cn1)Cc1ccco1. The molecule has 96 valence electrons. The van der Waals surface area contributed by atoms with E-state index in [9.17, 15) is 0 Å². The minimum Gasteiger partial charge on any atom is -0.468 e. The number of hydrogen-bond donors (Lipinski definition) is 1. The minimum absolute atomic E-state index is 0.772. The van der Waals surface area contributed by atoms with Crippen molar-refractivity contribution in [3.8, 4) is 0 Å². The van der Waals surface area contributed by atoms with E-state index in [1.165, 1.54) is 0 Å². The van der Waals surface area contributed by atoms with E-state index in [4.69, 9.17) is 4.42 Å². The Kier molecular flexibility index (Phi) is 4.30. The molecule has 0 spiro atoms. The first-order chi connectivity index (χ1) is 8.81. The molecule has 0 saturated heterocycles. The van der Waals surface area contributed by atoms with Gasteiger partial charge in [-0.25, -0.2) is 4.98 Å². The van der Waals surface area contributed by atoms with Gasteiger partial charge >= 0.3 is 0 Å². The number of rotatable bonds is 6. The summed E-state index contributed by atoms with van der Waals surface area (Å²) in [5.74, 6) is 1.75. The molecule has 0 aliphatic carbocycles. The van der Waals surface area contributed by atoms with Gasteiger partial charge in [-0.05, 0) is 18.7 Å². The normalized spacial score (nSPS) is 10.8. The Morgan fingerprint density at radius 1 is 1.28 bits per heavy atom. The number of nitrogens with zero attached hydrogens (tertiary/aromatic N) is 3. The third-order valence-corrected chi connectivity index (χ3v) is 2.75. The first-order valence-electron chi connectivity index (χ1n) is 6.05. The Morgan fingerprint density at radius 2 is 2.17 bits per heavy atom. The van der Waals surface area contributed by atoms with E-state index in [-0.39, 0.29) is 0 Å². The standard InChI is InChI=1S/C13H18N4O/c1-3-17(10-12-5-4-6-18-12)9-11-7-16-13(14-2)8-15-11/h4-8H,3,9-10H2,1-2H3,(H,14,16). The quantitative estimate of drug-likeness (QED) is 0.846. The van der Waals surface area contributed by atoms with Crippen LogP contribution in [0.25, 0.3) is 0 Å². The molecular weight excluding hydrogens is 228 g/mol. The van der Waals surface area contributed by atoms with Crippen molar-refractivity contribution in [2.75, 3.05) is 18.9 Å². The first-order valence-corrected chi connectivity index (χ1v) is 6.05. The smallest absolute Gasteiger partial charge is 0.144 e. The highest BCUT2D eigenvalue weighted by Crippen LogP contribution is 2.09. The van der Waals surface area contributed by atoms with Crippen LogP contribution in [0.15, 0.2) is 35.2 Å². The second-order valence-electron chi connectivity index (χ2n) is 4.03. The fraction of sp³-hybridized carbons (Fsp3) is 0.385. The van der Waals surface area contributed by atoms with Gasteiger partial charge in [0.1, 0.15) is 11.6 Å². The summed E-state index contributed by atoms with van der Waals surface area (Å²) in [7, 11) is 1.83. The summed E-state index contributed by atoms with van der Waals surface area (Å²) < 4.78 is 5.35. The van der Waals surface area contributed by atoms with Crippen molar-refractivity contribution in [2.45, 2.75) is 20.0 Å². The lowest BCUT2D eigenvalue weighted by atomic mass is 10.3. The zero-order chi connectivity index (χ0) is 12.8. The Hall–Kier alpha value is -1.88. The van der Waals surface area contributed by atoms with Crippen molar-refractivity contribution >= 4 is 5.82 Å². The van der Waals surface area contributed by atoms with E-state index in [1.54, 1.807) is 18.7 Å². The zero-order valence-corrected chi connectivity index (χ0v) is 10.8. The van der Waals surface area contributed by atoms with Crippen LogP contribution in [0.1, 0.15) is 18.4 Å². The van der Waals surface area contributed by atoms with Crippen molar-refractivity contribution in [3.05, 3.63) is 42.2 Å². The summed E-state index contributed by atoms with van der Waals surface area (Å²) in [4.78, 5) is 10.9. The summed E-state index contributed by atoms with van der Waals surface area (Å²) in [6, 6.07) is 3.89. The van der Waals surface area contributed by atoms with Gasteiger partial charge in [0, 0.05) is 13.6 Å². The lowest BCUT2D eigenvalue weighted by molar-refractivity contribution is 0.245. The van der Waals surface area contributed by atoms with Crippen LogP contribution < -0.4 is 5.32 Å². The molecule has 2 rings (SSSR count). The number of hydrogen-bond acceptors (Lipinski definition) is 5. The van der Waals surface area contributed by atoms with E-state index < -0.39 is 0 Å². The monoisotopic (exact) mass is 246 g/mol. The summed E-state index contributed by atoms with van der Waals surface area (Å²) in [5.41, 5.74) is 0.961. The molecule has 5 nitrogen and oxygen atoms in total. The van der Waals surface area contributed by atoms with Crippen LogP contribution in [0.3, 0.4) is 0 Å². The van der Waals surface area contributed by atoms with Gasteiger partial charge in [-0.3, -0.25) is 9.88 Å². The average molecular weight is 246 g/mol. The maximum absolute atomic E-state index is 5.35. The molecule has 0 unspecified atom stereocenters. The third-order valence-electron chi connectivity index (χ3n) is 2.75. The fourth-order valence-electron chi connectivity index (χ4n) is 1.70. The second kappa shape index (κ2) is 6.16. The third kappa shape index (κ3) is 3.30. The Balaban J connectivity index is 1.96. The maximum Gasteiger partial charge on any atom is 0.144 e. The molecule has 0 bridgehead atoms. The van der Waals surface area contributed by atoms with E-state index >= 15 is 0 Å². The lowest BCUT2D eigenvalue weighted by Crippen LogP contribution is -2.22. The molecule has 0 aliphatic heterocycles. The first kappa shape index (κ1) is 12.6. The number of anilines is 1. The predicted molar refractivity (Wildman–Crippen MR) is 70.1 cm³/mol. The van der Waals surface area contributed by atoms with Crippen LogP contribution in [-0.4, -0.2) is 28.5 Å². The largest absolute Gasteiger partial charge is 0.468 e. The molecule has 0 radical (unpaired) electrons. The van der Waals surface area contributed by atoms with Crippen molar-refractivity contribution in [3.63, 3.8) is 0 Å². The highest BCUT2D eigenvalue weighted by Gasteiger charge is 2.07. The summed E-state index contributed by atoms with van der Waals surface area (Å²) in [5, 5.41) is 2.96. The fourth-order valence-corrected chi connectivity index (χ4v) is 1.70. The van der Waals surface area contributed by atoms with Crippen molar-refractivity contribution in [1.82, 2.24) is 14.9 Å². The summed E-state index contributed by atoms with van der Waals surface area (Å²) in [6.07, 6.45) is 5.25. The Bertz CT molecular complexity index is 452. The van der Waals surface area contributed by atoms with Crippen molar-refractivity contribution < 1.29 is 4.42 Å². The highest BCUT2D eigenvalue weighted by molar-refractivity contribution is 5.29. The average Bonchev–Trinajstić information content (AvgIpc) is 2.91. The second-order valence-corrected chi connectivity index (χ2v) is 4.03. The minimum atomic E-state index is 0.772. The molecule has 0 atom stereocenters. The van der Waals surface area contributed by atoms with Crippen molar-refractivity contribution in [1.29, 1.82) is 0 Å². The lowest BCUT2D eigenvalue weighted by Gasteiger charge is -2.18. The molecule has 2 aromatic rings. The van der Waals surface area contributed by atoms with Crippen LogP contribution >= 0.6 is 0 Å². The Labute approximate surface area is 107 Å². The van der Waals surface area contributed by atoms with Crippen molar-refractivity contribution in [2.24, 2.45) is 0 Å². The van der Waals surface area contributed by atoms with E-state index in [1.807, 2.05) is 19.2 Å². The summed E-state index contributed by atoms with van der Waals surface area (Å²) in [6.45, 7) is 4.63. The molecular formula is C13H18N4O. The van der Waals surface area contributed by atoms with Crippen LogP contribution in [0.5, 0.6) is 0 Å². The van der Waals surface area contributed by atoms with Gasteiger partial charge in [-0.2, -0.15) is 0 Å². The van der Waals surface area contributed by atoms with E-state index in [0.717, 1.165) is 36.9 Å². The summed E-state index contributed by atoms with van der Waals surface area (Å²) >= 11 is 0. The molecule has 0 amide bonds. The van der Waals surface area contributed by atoms with Crippen LogP contribution in [0, 0.1) is 0 Å². The molecule has 0 fully saturated rings. The number of furan rings is 1. The Morgan fingerprint density at radius 3 is 2.72 bits per heavy atom. The number of nitrogens with one attached hydrogen (secondary N) is 1. The molecule has 1 N–H and O–H groups in total. The van der Waals surface area contributed by atoms with Gasteiger partial charge < -0.3 is 9.73 Å². The van der Waals surface area contributed by atoms with Gasteiger partial charge in [0.25, 0.3) is 0 Å². The molecule has 0 aromatic carbocycles. The molecule has 0 saturated carbocycles. The molecule has 0 aliphatic rings. The van der Waals surface area contributed by atoms with E-state index in [2.05, 4.69) is 27.1 Å². The van der Waals surface area contributed by atoms with Crippen LogP contribution in [0.2, 0.25) is 0 Å². The van der Waals surface area contributed by atoms with Gasteiger partial charge in [-0.15, -0.1) is 0 Å². The van der Waals surface area contributed by atoms with Gasteiger partial charge in [-0.1, -0.05) is 6.92 Å². The van der Waals surface area contributed by atoms with Gasteiger partial charge in [0.15, 0.2) is 0 Å².